The minimum Gasteiger partial charge on any atom is -0.363 e. The SMILES string of the molecule is C[C@H](CN(C)C)Nc1nn(C)c(=O)c2cccnc12. The average Bonchev–Trinajstić information content (AvgIpc) is 2.34. The number of aromatic nitrogens is 3. The second-order valence-corrected chi connectivity index (χ2v) is 4.98. The first-order valence-corrected chi connectivity index (χ1v) is 6.22. The van der Waals surface area contributed by atoms with Gasteiger partial charge in [0.1, 0.15) is 5.52 Å². The number of fused-ring (bicyclic) bond motifs is 1. The number of hydrogen-bond donors (Lipinski definition) is 1. The van der Waals surface area contributed by atoms with Crippen LogP contribution in [0.4, 0.5) is 5.82 Å². The van der Waals surface area contributed by atoms with E-state index in [9.17, 15) is 4.79 Å². The lowest BCUT2D eigenvalue weighted by molar-refractivity contribution is 0.391. The van der Waals surface area contributed by atoms with Crippen LogP contribution in [0.3, 0.4) is 0 Å². The van der Waals surface area contributed by atoms with Crippen LogP contribution in [-0.2, 0) is 7.05 Å². The molecule has 0 aliphatic heterocycles. The third kappa shape index (κ3) is 2.90. The van der Waals surface area contributed by atoms with Crippen LogP contribution in [-0.4, -0.2) is 46.3 Å². The highest BCUT2D eigenvalue weighted by molar-refractivity contribution is 5.86. The molecular formula is C13H19N5O. The zero-order valence-electron chi connectivity index (χ0n) is 11.7. The summed E-state index contributed by atoms with van der Waals surface area (Å²) in [6.07, 6.45) is 1.67. The van der Waals surface area contributed by atoms with E-state index in [1.807, 2.05) is 14.1 Å². The largest absolute Gasteiger partial charge is 0.363 e. The fourth-order valence-electron chi connectivity index (χ4n) is 2.11. The summed E-state index contributed by atoms with van der Waals surface area (Å²) in [5, 5.41) is 8.15. The first kappa shape index (κ1) is 13.5. The molecule has 0 radical (unpaired) electrons. The van der Waals surface area contributed by atoms with Gasteiger partial charge >= 0.3 is 0 Å². The Kier molecular flexibility index (Phi) is 3.80. The molecule has 19 heavy (non-hydrogen) atoms. The van der Waals surface area contributed by atoms with Crippen molar-refractivity contribution >= 4 is 16.7 Å². The van der Waals surface area contributed by atoms with E-state index in [0.29, 0.717) is 16.7 Å². The average molecular weight is 261 g/mol. The summed E-state index contributed by atoms with van der Waals surface area (Å²) in [7, 11) is 5.68. The summed E-state index contributed by atoms with van der Waals surface area (Å²) in [4.78, 5) is 18.3. The summed E-state index contributed by atoms with van der Waals surface area (Å²) in [6, 6.07) is 3.75. The van der Waals surface area contributed by atoms with Crippen molar-refractivity contribution in [2.45, 2.75) is 13.0 Å². The van der Waals surface area contributed by atoms with Crippen LogP contribution in [0.25, 0.3) is 10.9 Å². The molecule has 2 rings (SSSR count). The van der Waals surface area contributed by atoms with Crippen LogP contribution < -0.4 is 10.9 Å². The van der Waals surface area contributed by atoms with Gasteiger partial charge in [0.25, 0.3) is 5.56 Å². The van der Waals surface area contributed by atoms with E-state index in [2.05, 4.69) is 27.2 Å². The van der Waals surface area contributed by atoms with Crippen LogP contribution in [0.5, 0.6) is 0 Å². The maximum Gasteiger partial charge on any atom is 0.276 e. The maximum absolute atomic E-state index is 12.0. The lowest BCUT2D eigenvalue weighted by atomic mass is 10.2. The number of aryl methyl sites for hydroxylation is 1. The Labute approximate surface area is 112 Å². The smallest absolute Gasteiger partial charge is 0.276 e. The molecule has 6 nitrogen and oxygen atoms in total. The van der Waals surface area contributed by atoms with Gasteiger partial charge in [0.2, 0.25) is 0 Å². The highest BCUT2D eigenvalue weighted by Gasteiger charge is 2.12. The standard InChI is InChI=1S/C13H19N5O/c1-9(8-17(2)3)15-12-11-10(6-5-7-14-11)13(19)18(4)16-12/h5-7,9H,8H2,1-4H3,(H,15,16)/t9-/m1/s1. The molecule has 0 aliphatic carbocycles. The van der Waals surface area contributed by atoms with Gasteiger partial charge in [-0.3, -0.25) is 9.78 Å². The van der Waals surface area contributed by atoms with Crippen LogP contribution in [0.15, 0.2) is 23.1 Å². The van der Waals surface area contributed by atoms with Gasteiger partial charge < -0.3 is 10.2 Å². The van der Waals surface area contributed by atoms with Crippen LogP contribution in [0.1, 0.15) is 6.92 Å². The van der Waals surface area contributed by atoms with Gasteiger partial charge in [-0.1, -0.05) is 0 Å². The molecule has 0 aliphatic rings. The van der Waals surface area contributed by atoms with Crippen LogP contribution in [0.2, 0.25) is 0 Å². The molecule has 1 atom stereocenters. The van der Waals surface area contributed by atoms with Crippen molar-refractivity contribution in [3.63, 3.8) is 0 Å². The van der Waals surface area contributed by atoms with Crippen LogP contribution >= 0.6 is 0 Å². The Balaban J connectivity index is 2.43. The van der Waals surface area contributed by atoms with Gasteiger partial charge in [-0.15, -0.1) is 0 Å². The van der Waals surface area contributed by atoms with Gasteiger partial charge in [0, 0.05) is 25.8 Å². The first-order valence-electron chi connectivity index (χ1n) is 6.22. The highest BCUT2D eigenvalue weighted by atomic mass is 16.1. The van der Waals surface area contributed by atoms with Gasteiger partial charge in [-0.2, -0.15) is 5.10 Å². The normalized spacial score (nSPS) is 12.9. The van der Waals surface area contributed by atoms with E-state index in [4.69, 9.17) is 0 Å². The zero-order chi connectivity index (χ0) is 14.0. The van der Waals surface area contributed by atoms with E-state index in [1.54, 1.807) is 25.4 Å². The Morgan fingerprint density at radius 2 is 2.21 bits per heavy atom. The molecule has 0 aromatic carbocycles. The van der Waals surface area contributed by atoms with Crippen molar-refractivity contribution in [3.05, 3.63) is 28.7 Å². The molecule has 6 heteroatoms. The highest BCUT2D eigenvalue weighted by Crippen LogP contribution is 2.15. The summed E-state index contributed by atoms with van der Waals surface area (Å²) in [5.74, 6) is 0.645. The predicted octanol–water partition coefficient (Wildman–Crippen LogP) is 0.690. The van der Waals surface area contributed by atoms with Gasteiger partial charge in [0.05, 0.1) is 5.39 Å². The van der Waals surface area contributed by atoms with E-state index < -0.39 is 0 Å². The van der Waals surface area contributed by atoms with Crippen molar-refractivity contribution in [3.8, 4) is 0 Å². The summed E-state index contributed by atoms with van der Waals surface area (Å²) in [6.45, 7) is 2.94. The number of hydrogen-bond acceptors (Lipinski definition) is 5. The van der Waals surface area contributed by atoms with E-state index in [0.717, 1.165) is 6.54 Å². The fourth-order valence-corrected chi connectivity index (χ4v) is 2.11. The third-order valence-electron chi connectivity index (χ3n) is 2.83. The van der Waals surface area contributed by atoms with Crippen LogP contribution in [0, 0.1) is 0 Å². The first-order chi connectivity index (χ1) is 8.99. The minimum atomic E-state index is -0.131. The molecular weight excluding hydrogens is 242 g/mol. The lowest BCUT2D eigenvalue weighted by Gasteiger charge is -2.19. The lowest BCUT2D eigenvalue weighted by Crippen LogP contribution is -2.31. The molecule has 0 saturated carbocycles. The number of nitrogens with zero attached hydrogens (tertiary/aromatic N) is 4. The minimum absolute atomic E-state index is 0.131. The summed E-state index contributed by atoms with van der Waals surface area (Å²) in [5.41, 5.74) is 0.491. The number of likely N-dealkylation sites (N-methyl/N-ethyl adjacent to an activating group) is 1. The molecule has 2 aromatic rings. The molecule has 0 unspecified atom stereocenters. The Morgan fingerprint density at radius 1 is 1.47 bits per heavy atom. The van der Waals surface area contributed by atoms with Gasteiger partial charge in [-0.05, 0) is 33.2 Å². The number of anilines is 1. The van der Waals surface area contributed by atoms with Crippen molar-refractivity contribution in [2.75, 3.05) is 26.0 Å². The number of pyridine rings is 1. The second kappa shape index (κ2) is 5.36. The van der Waals surface area contributed by atoms with Crippen molar-refractivity contribution in [1.82, 2.24) is 19.7 Å². The topological polar surface area (TPSA) is 63.1 Å². The molecule has 2 heterocycles. The second-order valence-electron chi connectivity index (χ2n) is 4.98. The van der Waals surface area contributed by atoms with Crippen molar-refractivity contribution in [2.24, 2.45) is 7.05 Å². The molecule has 0 fully saturated rings. The Hall–Kier alpha value is -1.95. The third-order valence-corrected chi connectivity index (χ3v) is 2.83. The summed E-state index contributed by atoms with van der Waals surface area (Å²) >= 11 is 0. The molecule has 0 spiro atoms. The molecule has 102 valence electrons. The molecule has 0 amide bonds. The van der Waals surface area contributed by atoms with Gasteiger partial charge in [0.15, 0.2) is 5.82 Å². The zero-order valence-corrected chi connectivity index (χ0v) is 11.7. The van der Waals surface area contributed by atoms with E-state index >= 15 is 0 Å². The predicted molar refractivity (Wildman–Crippen MR) is 76.4 cm³/mol. The van der Waals surface area contributed by atoms with E-state index in [1.165, 1.54) is 4.68 Å². The fraction of sp³-hybridized carbons (Fsp3) is 0.462. The molecule has 2 aromatic heterocycles. The number of rotatable bonds is 4. The summed E-state index contributed by atoms with van der Waals surface area (Å²) < 4.78 is 1.34. The van der Waals surface area contributed by atoms with E-state index in [-0.39, 0.29) is 11.6 Å². The van der Waals surface area contributed by atoms with Gasteiger partial charge in [-0.25, -0.2) is 4.68 Å². The molecule has 1 N–H and O–H groups in total. The quantitative estimate of drug-likeness (QED) is 0.877. The Bertz CT molecular complexity index is 634. The molecule has 0 saturated heterocycles. The Morgan fingerprint density at radius 3 is 2.89 bits per heavy atom. The van der Waals surface area contributed by atoms with Crippen molar-refractivity contribution in [1.29, 1.82) is 0 Å². The monoisotopic (exact) mass is 261 g/mol. The molecule has 0 bridgehead atoms. The maximum atomic E-state index is 12.0. The number of nitrogens with one attached hydrogen (secondary N) is 1. The van der Waals surface area contributed by atoms with Crippen molar-refractivity contribution < 1.29 is 0 Å².